The molecule has 0 unspecified atom stereocenters. The Labute approximate surface area is 166 Å². The highest BCUT2D eigenvalue weighted by atomic mass is 32.2. The molecule has 1 heterocycles. The minimum absolute atomic E-state index is 0.0479. The fraction of sp³-hybridized carbons (Fsp3) is 0.200. The molecule has 0 spiro atoms. The number of amides is 3. The monoisotopic (exact) mass is 396 g/mol. The van der Waals surface area contributed by atoms with Gasteiger partial charge in [0.05, 0.1) is 22.3 Å². The number of fused-ring (bicyclic) bond motifs is 1. The molecule has 0 fully saturated rings. The number of thioether (sulfide) groups is 1. The van der Waals surface area contributed by atoms with E-state index >= 15 is 0 Å². The number of para-hydroxylation sites is 1. The fourth-order valence-corrected chi connectivity index (χ4v) is 3.51. The summed E-state index contributed by atoms with van der Waals surface area (Å²) in [6.07, 6.45) is 0. The molecule has 3 amide bonds. The van der Waals surface area contributed by atoms with E-state index in [0.29, 0.717) is 28.3 Å². The zero-order valence-corrected chi connectivity index (χ0v) is 16.4. The van der Waals surface area contributed by atoms with Crippen molar-refractivity contribution in [3.05, 3.63) is 64.4 Å². The van der Waals surface area contributed by atoms with Crippen LogP contribution in [-0.2, 0) is 4.79 Å². The van der Waals surface area contributed by atoms with Gasteiger partial charge in [0.1, 0.15) is 0 Å². The Hall–Kier alpha value is -3.13. The van der Waals surface area contributed by atoms with Gasteiger partial charge in [0.15, 0.2) is 5.16 Å². The molecule has 0 bridgehead atoms. The molecule has 0 atom stereocenters. The zero-order valence-electron chi connectivity index (χ0n) is 15.6. The van der Waals surface area contributed by atoms with Gasteiger partial charge in [-0.2, -0.15) is 0 Å². The number of urea groups is 1. The normalized spacial score (nSPS) is 10.6. The van der Waals surface area contributed by atoms with Crippen molar-refractivity contribution >= 4 is 34.6 Å². The zero-order chi connectivity index (χ0) is 20.1. The second-order valence-electron chi connectivity index (χ2n) is 6.09. The highest BCUT2D eigenvalue weighted by Gasteiger charge is 2.15. The SMILES string of the molecule is CCNC(=O)NC(=O)CSc1nc2ccccc2c(=O)n1-c1cccc(C)c1. The molecule has 0 saturated heterocycles. The number of aryl methyl sites for hydroxylation is 1. The van der Waals surface area contributed by atoms with E-state index in [9.17, 15) is 14.4 Å². The Morgan fingerprint density at radius 3 is 2.68 bits per heavy atom. The number of aromatic nitrogens is 2. The van der Waals surface area contributed by atoms with E-state index in [4.69, 9.17) is 0 Å². The molecule has 0 aliphatic carbocycles. The van der Waals surface area contributed by atoms with Crippen molar-refractivity contribution in [1.82, 2.24) is 20.2 Å². The van der Waals surface area contributed by atoms with E-state index in [0.717, 1.165) is 17.3 Å². The molecular weight excluding hydrogens is 376 g/mol. The number of imide groups is 1. The lowest BCUT2D eigenvalue weighted by Gasteiger charge is -2.13. The predicted octanol–water partition coefficient (Wildman–Crippen LogP) is 2.63. The van der Waals surface area contributed by atoms with Crippen LogP contribution in [0.3, 0.4) is 0 Å². The molecule has 0 aliphatic heterocycles. The van der Waals surface area contributed by atoms with Gasteiger partial charge in [-0.3, -0.25) is 19.5 Å². The lowest BCUT2D eigenvalue weighted by molar-refractivity contribution is -0.117. The third-order valence-corrected chi connectivity index (χ3v) is 4.87. The van der Waals surface area contributed by atoms with E-state index in [1.165, 1.54) is 4.57 Å². The number of carbonyl (C=O) groups excluding carboxylic acids is 2. The number of hydrogen-bond acceptors (Lipinski definition) is 5. The van der Waals surface area contributed by atoms with Crippen LogP contribution in [0, 0.1) is 6.92 Å². The topological polar surface area (TPSA) is 93.1 Å². The molecule has 0 radical (unpaired) electrons. The van der Waals surface area contributed by atoms with Crippen molar-refractivity contribution in [2.75, 3.05) is 12.3 Å². The average Bonchev–Trinajstić information content (AvgIpc) is 2.66. The Bertz CT molecular complexity index is 1090. The van der Waals surface area contributed by atoms with Crippen molar-refractivity contribution in [2.24, 2.45) is 0 Å². The molecule has 0 aliphatic rings. The number of rotatable bonds is 5. The van der Waals surface area contributed by atoms with Crippen LogP contribution in [0.4, 0.5) is 4.79 Å². The van der Waals surface area contributed by atoms with E-state index < -0.39 is 11.9 Å². The highest BCUT2D eigenvalue weighted by molar-refractivity contribution is 7.99. The molecule has 2 N–H and O–H groups in total. The minimum atomic E-state index is -0.546. The fourth-order valence-electron chi connectivity index (χ4n) is 2.70. The van der Waals surface area contributed by atoms with Crippen molar-refractivity contribution < 1.29 is 9.59 Å². The van der Waals surface area contributed by atoms with Gasteiger partial charge in [-0.15, -0.1) is 0 Å². The van der Waals surface area contributed by atoms with Gasteiger partial charge in [-0.05, 0) is 43.7 Å². The van der Waals surface area contributed by atoms with Crippen LogP contribution in [0.2, 0.25) is 0 Å². The van der Waals surface area contributed by atoms with Crippen LogP contribution in [0.15, 0.2) is 58.5 Å². The number of hydrogen-bond donors (Lipinski definition) is 2. The summed E-state index contributed by atoms with van der Waals surface area (Å²) in [5.74, 6) is -0.512. The molecular formula is C20H20N4O3S. The maximum Gasteiger partial charge on any atom is 0.321 e. The summed E-state index contributed by atoms with van der Waals surface area (Å²) in [5, 5.41) is 5.64. The molecule has 0 saturated carbocycles. The molecule has 3 rings (SSSR count). The molecule has 7 nitrogen and oxygen atoms in total. The maximum absolute atomic E-state index is 13.1. The van der Waals surface area contributed by atoms with Crippen molar-refractivity contribution in [3.8, 4) is 5.69 Å². The van der Waals surface area contributed by atoms with E-state index in [2.05, 4.69) is 15.6 Å². The van der Waals surface area contributed by atoms with Crippen molar-refractivity contribution in [1.29, 1.82) is 0 Å². The summed E-state index contributed by atoms with van der Waals surface area (Å²) in [6.45, 7) is 4.12. The molecule has 8 heteroatoms. The summed E-state index contributed by atoms with van der Waals surface area (Å²) < 4.78 is 1.50. The summed E-state index contributed by atoms with van der Waals surface area (Å²) in [4.78, 5) is 41.2. The van der Waals surface area contributed by atoms with Crippen LogP contribution in [0.1, 0.15) is 12.5 Å². The lowest BCUT2D eigenvalue weighted by Crippen LogP contribution is -2.40. The van der Waals surface area contributed by atoms with Gasteiger partial charge in [-0.1, -0.05) is 36.0 Å². The van der Waals surface area contributed by atoms with Gasteiger partial charge in [0.25, 0.3) is 5.56 Å². The van der Waals surface area contributed by atoms with Crippen LogP contribution in [0.25, 0.3) is 16.6 Å². The molecule has 2 aromatic carbocycles. The first kappa shape index (κ1) is 19.6. The van der Waals surface area contributed by atoms with E-state index in [1.807, 2.05) is 37.3 Å². The first-order valence-corrected chi connectivity index (χ1v) is 9.77. The van der Waals surface area contributed by atoms with Gasteiger partial charge >= 0.3 is 6.03 Å². The summed E-state index contributed by atoms with van der Waals surface area (Å²) in [7, 11) is 0. The Morgan fingerprint density at radius 1 is 1.14 bits per heavy atom. The minimum Gasteiger partial charge on any atom is -0.338 e. The smallest absolute Gasteiger partial charge is 0.321 e. The summed E-state index contributed by atoms with van der Waals surface area (Å²) in [5.41, 5.74) is 2.03. The number of benzene rings is 2. The second-order valence-corrected chi connectivity index (χ2v) is 7.03. The van der Waals surface area contributed by atoms with Gasteiger partial charge in [0, 0.05) is 6.54 Å². The maximum atomic E-state index is 13.1. The van der Waals surface area contributed by atoms with Gasteiger partial charge < -0.3 is 5.32 Å². The standard InChI is InChI=1S/C20H20N4O3S/c1-3-21-19(27)23-17(25)12-28-20-22-16-10-5-4-9-15(16)18(26)24(20)14-8-6-7-13(2)11-14/h4-11H,3,12H2,1-2H3,(H2,21,23,25,27). The van der Waals surface area contributed by atoms with Crippen molar-refractivity contribution in [3.63, 3.8) is 0 Å². The van der Waals surface area contributed by atoms with Crippen molar-refractivity contribution in [2.45, 2.75) is 19.0 Å². The van der Waals surface area contributed by atoms with E-state index in [1.54, 1.807) is 25.1 Å². The predicted molar refractivity (Wildman–Crippen MR) is 110 cm³/mol. The number of carbonyl (C=O) groups is 2. The number of nitrogens with zero attached hydrogens (tertiary/aromatic N) is 2. The largest absolute Gasteiger partial charge is 0.338 e. The number of nitrogens with one attached hydrogen (secondary N) is 2. The first-order valence-electron chi connectivity index (χ1n) is 8.79. The van der Waals surface area contributed by atoms with Crippen LogP contribution < -0.4 is 16.2 Å². The highest BCUT2D eigenvalue weighted by Crippen LogP contribution is 2.21. The third-order valence-electron chi connectivity index (χ3n) is 3.93. The second kappa shape index (κ2) is 8.71. The Kier molecular flexibility index (Phi) is 6.10. The summed E-state index contributed by atoms with van der Waals surface area (Å²) >= 11 is 1.10. The summed E-state index contributed by atoms with van der Waals surface area (Å²) in [6, 6.07) is 14.1. The quantitative estimate of drug-likeness (QED) is 0.511. The van der Waals surface area contributed by atoms with Gasteiger partial charge in [-0.25, -0.2) is 9.78 Å². The van der Waals surface area contributed by atoms with Gasteiger partial charge in [0.2, 0.25) is 5.91 Å². The van der Waals surface area contributed by atoms with Crippen LogP contribution >= 0.6 is 11.8 Å². The van der Waals surface area contributed by atoms with Crippen LogP contribution in [-0.4, -0.2) is 33.8 Å². The van der Waals surface area contributed by atoms with E-state index in [-0.39, 0.29) is 11.3 Å². The molecule has 144 valence electrons. The van der Waals surface area contributed by atoms with Crippen LogP contribution in [0.5, 0.6) is 0 Å². The Morgan fingerprint density at radius 2 is 1.93 bits per heavy atom. The molecule has 1 aromatic heterocycles. The molecule has 28 heavy (non-hydrogen) atoms. The molecule has 3 aromatic rings. The lowest BCUT2D eigenvalue weighted by atomic mass is 10.2. The third kappa shape index (κ3) is 4.40. The average molecular weight is 396 g/mol. The first-order chi connectivity index (χ1) is 13.5. The Balaban J connectivity index is 1.98.